The molecule has 2 N–H and O–H groups in total. The van der Waals surface area contributed by atoms with E-state index in [1.165, 1.54) is 0 Å². The van der Waals surface area contributed by atoms with Gasteiger partial charge in [-0.2, -0.15) is 0 Å². The molecular weight excluding hydrogens is 460 g/mol. The highest BCUT2D eigenvalue weighted by atomic mass is 16.5. The predicted octanol–water partition coefficient (Wildman–Crippen LogP) is 4.77. The number of carbonyl (C=O) groups is 2. The smallest absolute Gasteiger partial charge is 0.333 e. The van der Waals surface area contributed by atoms with Crippen molar-refractivity contribution in [2.75, 3.05) is 32.9 Å². The van der Waals surface area contributed by atoms with Crippen LogP contribution in [0.25, 0.3) is 0 Å². The third kappa shape index (κ3) is 11.0. The molecule has 0 radical (unpaired) electrons. The zero-order chi connectivity index (χ0) is 26.2. The Balaban J connectivity index is 1.81. The maximum Gasteiger partial charge on any atom is 0.333 e. The van der Waals surface area contributed by atoms with Gasteiger partial charge in [-0.3, -0.25) is 0 Å². The third-order valence-electron chi connectivity index (χ3n) is 5.72. The van der Waals surface area contributed by atoms with E-state index in [9.17, 15) is 14.7 Å². The van der Waals surface area contributed by atoms with Gasteiger partial charge in [0.15, 0.2) is 6.10 Å². The lowest BCUT2D eigenvalue weighted by atomic mass is 10.1. The number of unbranched alkanes of at least 4 members (excludes halogenated alkanes) is 1. The molecule has 0 heterocycles. The van der Waals surface area contributed by atoms with Crippen LogP contribution < -0.4 is 14.8 Å². The quantitative estimate of drug-likeness (QED) is 0.304. The SMILES string of the molecule is CCOC(Cc1ccc(OCCN(CCCCOc2ccccc2)C(=O)NC(C)CC)cc1)C(=O)O. The van der Waals surface area contributed by atoms with Crippen molar-refractivity contribution in [1.82, 2.24) is 10.2 Å². The van der Waals surface area contributed by atoms with Gasteiger partial charge >= 0.3 is 12.0 Å². The number of para-hydroxylation sites is 1. The summed E-state index contributed by atoms with van der Waals surface area (Å²) >= 11 is 0. The lowest BCUT2D eigenvalue weighted by Gasteiger charge is -2.25. The molecule has 2 amide bonds. The molecular formula is C28H40N2O6. The number of amides is 2. The second-order valence-corrected chi connectivity index (χ2v) is 8.59. The number of nitrogens with one attached hydrogen (secondary N) is 1. The molecule has 198 valence electrons. The summed E-state index contributed by atoms with van der Waals surface area (Å²) in [6, 6.07) is 17.0. The molecule has 2 rings (SSSR count). The van der Waals surface area contributed by atoms with E-state index in [4.69, 9.17) is 14.2 Å². The highest BCUT2D eigenvalue weighted by molar-refractivity contribution is 5.74. The normalized spacial score (nSPS) is 12.4. The van der Waals surface area contributed by atoms with Gasteiger partial charge in [0.2, 0.25) is 0 Å². The molecule has 0 fully saturated rings. The zero-order valence-corrected chi connectivity index (χ0v) is 21.7. The van der Waals surface area contributed by atoms with E-state index in [0.29, 0.717) is 45.1 Å². The highest BCUT2D eigenvalue weighted by Crippen LogP contribution is 2.15. The number of ether oxygens (including phenoxy) is 3. The van der Waals surface area contributed by atoms with E-state index < -0.39 is 12.1 Å². The van der Waals surface area contributed by atoms with Gasteiger partial charge in [0.05, 0.1) is 13.2 Å². The minimum atomic E-state index is -0.973. The summed E-state index contributed by atoms with van der Waals surface area (Å²) in [6.07, 6.45) is 1.95. The molecule has 0 aliphatic heterocycles. The second-order valence-electron chi connectivity index (χ2n) is 8.59. The van der Waals surface area contributed by atoms with Gasteiger partial charge in [-0.1, -0.05) is 37.3 Å². The summed E-state index contributed by atoms with van der Waals surface area (Å²) in [5.41, 5.74) is 0.857. The summed E-state index contributed by atoms with van der Waals surface area (Å²) in [7, 11) is 0. The topological polar surface area (TPSA) is 97.3 Å². The maximum absolute atomic E-state index is 12.8. The Labute approximate surface area is 214 Å². The number of benzene rings is 2. The van der Waals surface area contributed by atoms with Gasteiger partial charge in [0.25, 0.3) is 0 Å². The van der Waals surface area contributed by atoms with Crippen LogP contribution in [0.2, 0.25) is 0 Å². The number of aliphatic carboxylic acids is 1. The predicted molar refractivity (Wildman–Crippen MR) is 140 cm³/mol. The summed E-state index contributed by atoms with van der Waals surface area (Å²) in [6.45, 7) is 8.16. The number of carboxylic acids is 1. The molecule has 2 atom stereocenters. The van der Waals surface area contributed by atoms with Crippen molar-refractivity contribution < 1.29 is 28.9 Å². The molecule has 2 aromatic carbocycles. The Bertz CT molecular complexity index is 891. The second kappa shape index (κ2) is 16.4. The van der Waals surface area contributed by atoms with Crippen LogP contribution in [0.3, 0.4) is 0 Å². The molecule has 0 saturated carbocycles. The Hall–Kier alpha value is -3.26. The summed E-state index contributed by atoms with van der Waals surface area (Å²) < 4.78 is 16.9. The van der Waals surface area contributed by atoms with E-state index in [0.717, 1.165) is 30.6 Å². The molecule has 0 saturated heterocycles. The molecule has 36 heavy (non-hydrogen) atoms. The molecule has 2 aromatic rings. The van der Waals surface area contributed by atoms with Crippen molar-refractivity contribution in [3.8, 4) is 11.5 Å². The molecule has 0 aliphatic carbocycles. The van der Waals surface area contributed by atoms with Gasteiger partial charge in [0.1, 0.15) is 18.1 Å². The van der Waals surface area contributed by atoms with E-state index >= 15 is 0 Å². The molecule has 8 nitrogen and oxygen atoms in total. The van der Waals surface area contributed by atoms with Crippen LogP contribution in [-0.4, -0.2) is 67.1 Å². The number of urea groups is 1. The first-order valence-corrected chi connectivity index (χ1v) is 12.7. The van der Waals surface area contributed by atoms with E-state index in [2.05, 4.69) is 5.32 Å². The Morgan fingerprint density at radius 2 is 1.58 bits per heavy atom. The molecule has 0 aromatic heterocycles. The average molecular weight is 501 g/mol. The third-order valence-corrected chi connectivity index (χ3v) is 5.72. The lowest BCUT2D eigenvalue weighted by molar-refractivity contribution is -0.149. The largest absolute Gasteiger partial charge is 0.494 e. The Morgan fingerprint density at radius 1 is 0.917 bits per heavy atom. The molecule has 0 bridgehead atoms. The van der Waals surface area contributed by atoms with Crippen molar-refractivity contribution >= 4 is 12.0 Å². The molecule has 0 aliphatic rings. The summed E-state index contributed by atoms with van der Waals surface area (Å²) in [5, 5.41) is 12.3. The fourth-order valence-electron chi connectivity index (χ4n) is 3.46. The number of hydrogen-bond acceptors (Lipinski definition) is 5. The van der Waals surface area contributed by atoms with Crippen molar-refractivity contribution in [3.05, 3.63) is 60.2 Å². The van der Waals surface area contributed by atoms with Crippen molar-refractivity contribution in [3.63, 3.8) is 0 Å². The van der Waals surface area contributed by atoms with Crippen LogP contribution in [0.1, 0.15) is 45.6 Å². The Morgan fingerprint density at radius 3 is 2.22 bits per heavy atom. The monoisotopic (exact) mass is 500 g/mol. The van der Waals surface area contributed by atoms with Gasteiger partial charge in [-0.15, -0.1) is 0 Å². The molecule has 0 spiro atoms. The Kier molecular flexibility index (Phi) is 13.2. The average Bonchev–Trinajstić information content (AvgIpc) is 2.88. The van der Waals surface area contributed by atoms with Gasteiger partial charge in [0, 0.05) is 25.6 Å². The van der Waals surface area contributed by atoms with Crippen molar-refractivity contribution in [1.29, 1.82) is 0 Å². The summed E-state index contributed by atoms with van der Waals surface area (Å²) in [5.74, 6) is 0.541. The van der Waals surface area contributed by atoms with E-state index in [1.807, 2.05) is 68.4 Å². The van der Waals surface area contributed by atoms with Crippen molar-refractivity contribution in [2.24, 2.45) is 0 Å². The van der Waals surface area contributed by atoms with Gasteiger partial charge in [-0.25, -0.2) is 9.59 Å². The van der Waals surface area contributed by atoms with Gasteiger partial charge < -0.3 is 29.5 Å². The zero-order valence-electron chi connectivity index (χ0n) is 21.7. The number of carbonyl (C=O) groups excluding carboxylic acids is 1. The minimum Gasteiger partial charge on any atom is -0.494 e. The van der Waals surface area contributed by atoms with Crippen LogP contribution in [0.5, 0.6) is 11.5 Å². The number of rotatable bonds is 17. The fourth-order valence-corrected chi connectivity index (χ4v) is 3.46. The van der Waals surface area contributed by atoms with Crippen LogP contribution >= 0.6 is 0 Å². The number of carboxylic acid groups (broad SMARTS) is 1. The van der Waals surface area contributed by atoms with E-state index in [1.54, 1.807) is 11.8 Å². The fraction of sp³-hybridized carbons (Fsp3) is 0.500. The first kappa shape index (κ1) is 29.0. The standard InChI is InChI=1S/C28H40N2O6/c1-4-22(3)29-28(33)30(17-9-10-19-35-24-11-7-6-8-12-24)18-20-36-25-15-13-23(14-16-25)21-26(27(31)32)34-5-2/h6-8,11-16,22,26H,4-5,9-10,17-21H2,1-3H3,(H,29,33)(H,31,32). The van der Waals surface area contributed by atoms with Crippen LogP contribution in [-0.2, 0) is 16.0 Å². The maximum atomic E-state index is 12.8. The summed E-state index contributed by atoms with van der Waals surface area (Å²) in [4.78, 5) is 25.8. The van der Waals surface area contributed by atoms with Crippen molar-refractivity contribution in [2.45, 2.75) is 58.6 Å². The first-order valence-electron chi connectivity index (χ1n) is 12.7. The van der Waals surface area contributed by atoms with Crippen LogP contribution in [0.15, 0.2) is 54.6 Å². The highest BCUT2D eigenvalue weighted by Gasteiger charge is 2.18. The number of hydrogen-bond donors (Lipinski definition) is 2. The first-order chi connectivity index (χ1) is 17.4. The lowest BCUT2D eigenvalue weighted by Crippen LogP contribution is -2.45. The van der Waals surface area contributed by atoms with Crippen LogP contribution in [0, 0.1) is 0 Å². The van der Waals surface area contributed by atoms with E-state index in [-0.39, 0.29) is 12.1 Å². The molecule has 2 unspecified atom stereocenters. The number of nitrogens with zero attached hydrogens (tertiary/aromatic N) is 1. The van der Waals surface area contributed by atoms with Gasteiger partial charge in [-0.05, 0) is 62.9 Å². The van der Waals surface area contributed by atoms with Crippen LogP contribution in [0.4, 0.5) is 4.79 Å². The minimum absolute atomic E-state index is 0.0945. The molecule has 8 heteroatoms.